The van der Waals surface area contributed by atoms with Crippen molar-refractivity contribution in [3.63, 3.8) is 0 Å². The van der Waals surface area contributed by atoms with Crippen LogP contribution in [0.5, 0.6) is 0 Å². The Balaban J connectivity index is 6.82. The summed E-state index contributed by atoms with van der Waals surface area (Å²) in [7, 11) is 0. The summed E-state index contributed by atoms with van der Waals surface area (Å²) in [6.07, 6.45) is -0.497. The number of rotatable bonds is 9. The number of carbonyl (C=O) groups excluding carboxylic acids is 4. The Bertz CT molecular complexity index is 831. The maximum Gasteiger partial charge on any atom is 0.422 e. The van der Waals surface area contributed by atoms with Crippen molar-refractivity contribution >= 4 is 24.1 Å². The van der Waals surface area contributed by atoms with Crippen LogP contribution in [0.3, 0.4) is 0 Å². The van der Waals surface area contributed by atoms with Gasteiger partial charge in [0.05, 0.1) is 5.60 Å². The third-order valence-electron chi connectivity index (χ3n) is 4.73. The number of aliphatic hydroxyl groups is 1. The van der Waals surface area contributed by atoms with Crippen molar-refractivity contribution in [1.82, 2.24) is 10.2 Å². The molecule has 2 atom stereocenters. The molecule has 0 saturated heterocycles. The minimum absolute atomic E-state index is 0.0219. The van der Waals surface area contributed by atoms with Crippen molar-refractivity contribution < 1.29 is 38.5 Å². The number of alkyl carbamates (subject to hydrolysis) is 1. The van der Waals surface area contributed by atoms with E-state index in [9.17, 15) is 24.3 Å². The quantitative estimate of drug-likeness (QED) is 0.209. The van der Waals surface area contributed by atoms with E-state index in [0.717, 1.165) is 0 Å². The summed E-state index contributed by atoms with van der Waals surface area (Å²) in [5.41, 5.74) is -3.74. The maximum atomic E-state index is 13.9. The Morgan fingerprint density at radius 1 is 1.00 bits per heavy atom. The van der Waals surface area contributed by atoms with Gasteiger partial charge in [0, 0.05) is 0 Å². The lowest BCUT2D eigenvalue weighted by Crippen LogP contribution is -2.61. The summed E-state index contributed by atoms with van der Waals surface area (Å²) in [4.78, 5) is 53.1. The molecule has 10 heteroatoms. The van der Waals surface area contributed by atoms with E-state index in [-0.39, 0.29) is 18.7 Å². The smallest absolute Gasteiger partial charge is 0.422 e. The third-order valence-corrected chi connectivity index (χ3v) is 4.73. The second kappa shape index (κ2) is 12.7. The molecule has 0 fully saturated rings. The number of carbonyl (C=O) groups is 4. The molecule has 0 radical (unpaired) electrons. The van der Waals surface area contributed by atoms with E-state index < -0.39 is 46.9 Å². The second-order valence-electron chi connectivity index (χ2n) is 10.3. The number of nitrogens with zero attached hydrogens (tertiary/aromatic N) is 1. The summed E-state index contributed by atoms with van der Waals surface area (Å²) >= 11 is 0. The van der Waals surface area contributed by atoms with Gasteiger partial charge in [-0.25, -0.2) is 19.3 Å². The van der Waals surface area contributed by atoms with Gasteiger partial charge in [-0.1, -0.05) is 26.5 Å². The molecule has 200 valence electrons. The minimum atomic E-state index is -1.81. The molecule has 0 aliphatic carbocycles. The lowest BCUT2D eigenvalue weighted by Gasteiger charge is -2.36. The molecule has 0 aromatic carbocycles. The fourth-order valence-corrected chi connectivity index (χ4v) is 2.67. The number of amides is 3. The van der Waals surface area contributed by atoms with E-state index >= 15 is 0 Å². The first kappa shape index (κ1) is 32.1. The zero-order valence-electron chi connectivity index (χ0n) is 22.7. The highest BCUT2D eigenvalue weighted by molar-refractivity contribution is 6.06. The van der Waals surface area contributed by atoms with Crippen molar-refractivity contribution in [3.8, 4) is 0 Å². The van der Waals surface area contributed by atoms with Gasteiger partial charge in [0.2, 0.25) is 0 Å². The monoisotopic (exact) mass is 498 g/mol. The molecule has 35 heavy (non-hydrogen) atoms. The van der Waals surface area contributed by atoms with Gasteiger partial charge in [0.25, 0.3) is 5.91 Å². The highest BCUT2D eigenvalue weighted by Gasteiger charge is 2.46. The zero-order chi connectivity index (χ0) is 27.8. The molecule has 0 unspecified atom stereocenters. The number of esters is 1. The number of nitrogens with one attached hydrogen (secondary N) is 1. The molecule has 0 aromatic rings. The molecule has 0 aromatic heterocycles. The maximum absolute atomic E-state index is 13.9. The molecule has 0 spiro atoms. The van der Waals surface area contributed by atoms with E-state index in [1.54, 1.807) is 62.3 Å². The molecular weight excluding hydrogens is 456 g/mol. The Hall–Kier alpha value is -2.88. The molecule has 0 rings (SSSR count). The first-order valence-corrected chi connectivity index (χ1v) is 11.6. The number of ether oxygens (including phenoxy) is 3. The summed E-state index contributed by atoms with van der Waals surface area (Å²) < 4.78 is 15.8. The third kappa shape index (κ3) is 10.5. The van der Waals surface area contributed by atoms with E-state index in [0.29, 0.717) is 16.9 Å². The van der Waals surface area contributed by atoms with Gasteiger partial charge in [-0.15, -0.1) is 0 Å². The van der Waals surface area contributed by atoms with Crippen molar-refractivity contribution in [2.45, 2.75) is 105 Å². The molecule has 0 aliphatic rings. The number of hydrogen-bond acceptors (Lipinski definition) is 8. The fraction of sp³-hybridized carbons (Fsp3) is 0.680. The van der Waals surface area contributed by atoms with Gasteiger partial charge in [-0.2, -0.15) is 0 Å². The number of hydrogen-bond donors (Lipinski definition) is 2. The highest BCUT2D eigenvalue weighted by atomic mass is 16.6. The molecule has 0 heterocycles. The van der Waals surface area contributed by atoms with Crippen molar-refractivity contribution in [1.29, 1.82) is 0 Å². The SMILES string of the molecule is C=CCOC(=O)/C(=C(\C)CC)N(C(=O)OC(C)(C)C)C(=O)[C@@H](NC(=O)OC(C)(C)C)[C@](C)(O)CC. The Morgan fingerprint density at radius 3 is 1.91 bits per heavy atom. The summed E-state index contributed by atoms with van der Waals surface area (Å²) in [5, 5.41) is 13.4. The number of allylic oxidation sites excluding steroid dienone is 1. The van der Waals surface area contributed by atoms with Gasteiger partial charge < -0.3 is 24.6 Å². The normalized spacial score (nSPS) is 15.1. The average molecular weight is 499 g/mol. The zero-order valence-corrected chi connectivity index (χ0v) is 22.7. The molecule has 0 bridgehead atoms. The second-order valence-corrected chi connectivity index (χ2v) is 10.3. The summed E-state index contributed by atoms with van der Waals surface area (Å²) in [5.74, 6) is -2.05. The molecule has 10 nitrogen and oxygen atoms in total. The molecule has 2 N–H and O–H groups in total. The van der Waals surface area contributed by atoms with Crippen LogP contribution in [-0.2, 0) is 23.8 Å². The van der Waals surface area contributed by atoms with Gasteiger partial charge in [-0.05, 0) is 73.8 Å². The van der Waals surface area contributed by atoms with E-state index in [1.807, 2.05) is 0 Å². The van der Waals surface area contributed by atoms with Gasteiger partial charge in [0.1, 0.15) is 29.5 Å². The van der Waals surface area contributed by atoms with Crippen molar-refractivity contribution in [3.05, 3.63) is 23.9 Å². The van der Waals surface area contributed by atoms with E-state index in [2.05, 4.69) is 11.9 Å². The van der Waals surface area contributed by atoms with Crippen LogP contribution in [0.1, 0.15) is 82.1 Å². The summed E-state index contributed by atoms with van der Waals surface area (Å²) in [6, 6.07) is -1.67. The highest BCUT2D eigenvalue weighted by Crippen LogP contribution is 2.25. The van der Waals surface area contributed by atoms with Crippen LogP contribution in [0.4, 0.5) is 9.59 Å². The lowest BCUT2D eigenvalue weighted by atomic mass is 9.92. The van der Waals surface area contributed by atoms with Crippen LogP contribution in [0.2, 0.25) is 0 Å². The minimum Gasteiger partial charge on any atom is -0.457 e. The predicted octanol–water partition coefficient (Wildman–Crippen LogP) is 4.22. The van der Waals surface area contributed by atoms with Gasteiger partial charge in [-0.3, -0.25) is 4.79 Å². The fourth-order valence-electron chi connectivity index (χ4n) is 2.67. The van der Waals surface area contributed by atoms with Crippen molar-refractivity contribution in [2.75, 3.05) is 6.61 Å². The average Bonchev–Trinajstić information content (AvgIpc) is 2.70. The lowest BCUT2D eigenvalue weighted by molar-refractivity contribution is -0.146. The van der Waals surface area contributed by atoms with Crippen LogP contribution in [0.15, 0.2) is 23.9 Å². The first-order chi connectivity index (χ1) is 15.8. The van der Waals surface area contributed by atoms with Crippen LogP contribution in [-0.4, -0.2) is 63.5 Å². The van der Waals surface area contributed by atoms with E-state index in [4.69, 9.17) is 14.2 Å². The largest absolute Gasteiger partial charge is 0.457 e. The topological polar surface area (TPSA) is 131 Å². The molecule has 3 amide bonds. The molecule has 0 saturated carbocycles. The Kier molecular flexibility index (Phi) is 11.7. The standard InChI is InChI=1S/C25H42N2O8/c1-12-15-33-20(29)17(16(4)13-2)27(22(31)35-24(8,9)10)19(28)18(25(11,32)14-3)26-21(30)34-23(5,6)7/h12,18,32H,1,13-15H2,2-11H3,(H,26,30)/b17-16-/t18-,25-/m1/s1. The Morgan fingerprint density at radius 2 is 1.51 bits per heavy atom. The molecular formula is C25H42N2O8. The van der Waals surface area contributed by atoms with Crippen LogP contribution < -0.4 is 5.32 Å². The van der Waals surface area contributed by atoms with Crippen LogP contribution in [0.25, 0.3) is 0 Å². The summed E-state index contributed by atoms with van der Waals surface area (Å²) in [6.45, 7) is 19.2. The molecule has 0 aliphatic heterocycles. The van der Waals surface area contributed by atoms with Crippen LogP contribution >= 0.6 is 0 Å². The predicted molar refractivity (Wildman–Crippen MR) is 131 cm³/mol. The van der Waals surface area contributed by atoms with Crippen molar-refractivity contribution in [2.24, 2.45) is 0 Å². The number of imide groups is 1. The first-order valence-electron chi connectivity index (χ1n) is 11.6. The van der Waals surface area contributed by atoms with Gasteiger partial charge >= 0.3 is 18.2 Å². The van der Waals surface area contributed by atoms with Gasteiger partial charge in [0.15, 0.2) is 0 Å². The van der Waals surface area contributed by atoms with E-state index in [1.165, 1.54) is 13.0 Å². The Labute approximate surface area is 208 Å². The van der Waals surface area contributed by atoms with Crippen LogP contribution in [0, 0.1) is 0 Å².